The molecule has 1 saturated carbocycles. The lowest BCUT2D eigenvalue weighted by Gasteiger charge is -2.45. The molecule has 0 N–H and O–H groups in total. The maximum absolute atomic E-state index is 12.5. The summed E-state index contributed by atoms with van der Waals surface area (Å²) in [6.07, 6.45) is 1.76. The normalized spacial score (nSPS) is 22.5. The fourth-order valence-corrected chi connectivity index (χ4v) is 4.75. The highest BCUT2D eigenvalue weighted by Crippen LogP contribution is 2.43. The Kier molecular flexibility index (Phi) is 4.03. The van der Waals surface area contributed by atoms with Crippen molar-refractivity contribution in [3.63, 3.8) is 0 Å². The van der Waals surface area contributed by atoms with Crippen LogP contribution in [-0.2, 0) is 6.18 Å². The lowest BCUT2D eigenvalue weighted by Crippen LogP contribution is -2.48. The second kappa shape index (κ2) is 5.66. The average Bonchev–Trinajstić information content (AvgIpc) is 2.47. The van der Waals surface area contributed by atoms with E-state index in [1.807, 2.05) is 11.8 Å². The number of hydrogen-bond acceptors (Lipinski definition) is 4. The molecule has 21 heavy (non-hydrogen) atoms. The van der Waals surface area contributed by atoms with Crippen molar-refractivity contribution in [2.75, 3.05) is 23.7 Å². The van der Waals surface area contributed by atoms with Gasteiger partial charge in [-0.1, -0.05) is 19.3 Å². The number of alkyl halides is 3. The molecule has 116 valence electrons. The maximum Gasteiger partial charge on any atom is 0.435 e. The Morgan fingerprint density at radius 2 is 1.86 bits per heavy atom. The zero-order chi connectivity index (χ0) is 14.9. The van der Waals surface area contributed by atoms with Crippen LogP contribution in [0, 0.1) is 0 Å². The Labute approximate surface area is 126 Å². The standard InChI is InChI=1S/C14H18F3N3S/c15-14(16,17)11-4-5-12(19-18-11)20-8-9-21-13(10-20)6-2-1-3-7-13/h4-5H,1-3,6-10H2. The zero-order valence-corrected chi connectivity index (χ0v) is 12.5. The number of halogens is 3. The van der Waals surface area contributed by atoms with Crippen molar-refractivity contribution in [3.05, 3.63) is 17.8 Å². The lowest BCUT2D eigenvalue weighted by atomic mass is 9.87. The second-order valence-electron chi connectivity index (χ2n) is 5.79. The van der Waals surface area contributed by atoms with Crippen LogP contribution >= 0.6 is 11.8 Å². The van der Waals surface area contributed by atoms with Gasteiger partial charge in [-0.15, -0.1) is 10.2 Å². The van der Waals surface area contributed by atoms with Gasteiger partial charge in [0, 0.05) is 23.6 Å². The van der Waals surface area contributed by atoms with Crippen LogP contribution in [0.3, 0.4) is 0 Å². The Hall–Kier alpha value is -0.980. The zero-order valence-electron chi connectivity index (χ0n) is 11.7. The first-order valence-electron chi connectivity index (χ1n) is 7.28. The third-order valence-corrected chi connectivity index (χ3v) is 5.81. The van der Waals surface area contributed by atoms with Crippen LogP contribution in [0.25, 0.3) is 0 Å². The van der Waals surface area contributed by atoms with E-state index >= 15 is 0 Å². The molecule has 1 aromatic heterocycles. The summed E-state index contributed by atoms with van der Waals surface area (Å²) >= 11 is 2.02. The molecule has 2 fully saturated rings. The van der Waals surface area contributed by atoms with Gasteiger partial charge in [0.2, 0.25) is 0 Å². The molecule has 0 bridgehead atoms. The van der Waals surface area contributed by atoms with Crippen molar-refractivity contribution in [1.82, 2.24) is 10.2 Å². The third-order valence-electron chi connectivity index (χ3n) is 4.28. The number of hydrogen-bond donors (Lipinski definition) is 0. The minimum absolute atomic E-state index is 0.265. The molecular formula is C14H18F3N3S. The number of anilines is 1. The van der Waals surface area contributed by atoms with E-state index in [1.54, 1.807) is 0 Å². The van der Waals surface area contributed by atoms with Crippen molar-refractivity contribution < 1.29 is 13.2 Å². The van der Waals surface area contributed by atoms with Gasteiger partial charge < -0.3 is 4.90 Å². The summed E-state index contributed by atoms with van der Waals surface area (Å²) < 4.78 is 37.8. The van der Waals surface area contributed by atoms with Crippen LogP contribution < -0.4 is 4.90 Å². The van der Waals surface area contributed by atoms with Crippen LogP contribution in [0.15, 0.2) is 12.1 Å². The van der Waals surface area contributed by atoms with E-state index in [4.69, 9.17) is 0 Å². The third kappa shape index (κ3) is 3.27. The predicted molar refractivity (Wildman–Crippen MR) is 77.5 cm³/mol. The highest BCUT2D eigenvalue weighted by atomic mass is 32.2. The van der Waals surface area contributed by atoms with Crippen molar-refractivity contribution >= 4 is 17.6 Å². The van der Waals surface area contributed by atoms with Gasteiger partial charge >= 0.3 is 6.18 Å². The minimum Gasteiger partial charge on any atom is -0.353 e. The smallest absolute Gasteiger partial charge is 0.353 e. The molecule has 3 rings (SSSR count). The quantitative estimate of drug-likeness (QED) is 0.789. The van der Waals surface area contributed by atoms with Gasteiger partial charge in [0.05, 0.1) is 0 Å². The van der Waals surface area contributed by atoms with Gasteiger partial charge in [-0.3, -0.25) is 0 Å². The van der Waals surface area contributed by atoms with Gasteiger partial charge in [-0.2, -0.15) is 24.9 Å². The molecule has 2 heterocycles. The van der Waals surface area contributed by atoms with E-state index in [1.165, 1.54) is 38.2 Å². The molecule has 1 spiro atoms. The summed E-state index contributed by atoms with van der Waals surface area (Å²) in [6, 6.07) is 2.47. The fourth-order valence-electron chi connectivity index (χ4n) is 3.18. The monoisotopic (exact) mass is 317 g/mol. The Morgan fingerprint density at radius 1 is 1.10 bits per heavy atom. The Balaban J connectivity index is 1.74. The SMILES string of the molecule is FC(F)(F)c1ccc(N2CCSC3(CCCCC3)C2)nn1. The van der Waals surface area contributed by atoms with Gasteiger partial charge in [-0.25, -0.2) is 0 Å². The topological polar surface area (TPSA) is 29.0 Å². The van der Waals surface area contributed by atoms with E-state index in [2.05, 4.69) is 15.1 Å². The first kappa shape index (κ1) is 14.9. The number of rotatable bonds is 1. The fraction of sp³-hybridized carbons (Fsp3) is 0.714. The molecule has 7 heteroatoms. The molecule has 0 amide bonds. The van der Waals surface area contributed by atoms with E-state index in [0.29, 0.717) is 5.82 Å². The van der Waals surface area contributed by atoms with Crippen molar-refractivity contribution in [2.45, 2.75) is 43.0 Å². The maximum atomic E-state index is 12.5. The van der Waals surface area contributed by atoms with E-state index in [0.717, 1.165) is 24.9 Å². The molecule has 0 atom stereocenters. The van der Waals surface area contributed by atoms with E-state index in [-0.39, 0.29) is 4.75 Å². The van der Waals surface area contributed by atoms with E-state index in [9.17, 15) is 13.2 Å². The van der Waals surface area contributed by atoms with Crippen LogP contribution in [0.5, 0.6) is 0 Å². The highest BCUT2D eigenvalue weighted by molar-refractivity contribution is 8.00. The average molecular weight is 317 g/mol. The largest absolute Gasteiger partial charge is 0.435 e. The first-order chi connectivity index (χ1) is 9.99. The number of thioether (sulfide) groups is 1. The first-order valence-corrected chi connectivity index (χ1v) is 8.27. The van der Waals surface area contributed by atoms with Crippen LogP contribution in [-0.4, -0.2) is 33.8 Å². The van der Waals surface area contributed by atoms with Gasteiger partial charge in [0.15, 0.2) is 11.5 Å². The van der Waals surface area contributed by atoms with Gasteiger partial charge in [0.25, 0.3) is 0 Å². The highest BCUT2D eigenvalue weighted by Gasteiger charge is 2.38. The molecule has 1 aliphatic carbocycles. The molecule has 1 saturated heterocycles. The molecule has 1 aliphatic heterocycles. The summed E-state index contributed by atoms with van der Waals surface area (Å²) in [5, 5.41) is 7.13. The van der Waals surface area contributed by atoms with Crippen molar-refractivity contribution in [1.29, 1.82) is 0 Å². The van der Waals surface area contributed by atoms with Gasteiger partial charge in [-0.05, 0) is 25.0 Å². The summed E-state index contributed by atoms with van der Waals surface area (Å²) in [4.78, 5) is 2.09. The van der Waals surface area contributed by atoms with Crippen LogP contribution in [0.1, 0.15) is 37.8 Å². The summed E-state index contributed by atoms with van der Waals surface area (Å²) in [5.41, 5.74) is -0.926. The number of aromatic nitrogens is 2. The molecule has 0 unspecified atom stereocenters. The summed E-state index contributed by atoms with van der Waals surface area (Å²) in [5.74, 6) is 1.57. The van der Waals surface area contributed by atoms with Crippen molar-refractivity contribution in [2.24, 2.45) is 0 Å². The molecule has 1 aromatic rings. The van der Waals surface area contributed by atoms with Crippen molar-refractivity contribution in [3.8, 4) is 0 Å². The molecule has 0 radical (unpaired) electrons. The van der Waals surface area contributed by atoms with E-state index < -0.39 is 11.9 Å². The van der Waals surface area contributed by atoms with Gasteiger partial charge in [0.1, 0.15) is 0 Å². The Morgan fingerprint density at radius 3 is 2.48 bits per heavy atom. The van der Waals surface area contributed by atoms with Crippen LogP contribution in [0.4, 0.5) is 19.0 Å². The Bertz CT molecular complexity index is 478. The van der Waals surface area contributed by atoms with Crippen LogP contribution in [0.2, 0.25) is 0 Å². The minimum atomic E-state index is -4.42. The summed E-state index contributed by atoms with van der Waals surface area (Å²) in [7, 11) is 0. The second-order valence-corrected chi connectivity index (χ2v) is 7.35. The molecule has 2 aliphatic rings. The molecule has 0 aromatic carbocycles. The molecule has 3 nitrogen and oxygen atoms in total. The lowest BCUT2D eigenvalue weighted by molar-refractivity contribution is -0.141. The number of nitrogens with zero attached hydrogens (tertiary/aromatic N) is 3. The summed E-state index contributed by atoms with van der Waals surface area (Å²) in [6.45, 7) is 1.70. The predicted octanol–water partition coefficient (Wildman–Crippen LogP) is 3.75. The molecular weight excluding hydrogens is 299 g/mol.